The van der Waals surface area contributed by atoms with Crippen LogP contribution in [-0.4, -0.2) is 14.9 Å². The first-order valence-electron chi connectivity index (χ1n) is 7.18. The second kappa shape index (κ2) is 6.00. The average Bonchev–Trinajstić information content (AvgIpc) is 3.05. The van der Waals surface area contributed by atoms with Crippen LogP contribution in [0.2, 0.25) is 0 Å². The highest BCUT2D eigenvalue weighted by Gasteiger charge is 2.31. The number of aromatic nitrogens is 2. The average molecular weight is 355 g/mol. The lowest BCUT2D eigenvalue weighted by Gasteiger charge is -2.28. The maximum absolute atomic E-state index is 10.9. The summed E-state index contributed by atoms with van der Waals surface area (Å²) in [4.78, 5) is 1.44. The van der Waals surface area contributed by atoms with Gasteiger partial charge in [-0.1, -0.05) is 6.92 Å². The summed E-state index contributed by atoms with van der Waals surface area (Å²) in [5.41, 5.74) is 2.26. The van der Waals surface area contributed by atoms with Gasteiger partial charge in [-0.2, -0.15) is 5.10 Å². The number of hydrogen-bond donors (Lipinski definition) is 1. The third-order valence-electron chi connectivity index (χ3n) is 4.03. The molecule has 0 aliphatic heterocycles. The van der Waals surface area contributed by atoms with E-state index in [4.69, 9.17) is 0 Å². The standard InChI is InChI=1S/C15H19BrN2OS/c1-2-7-18-14(12(16)9-17-18)15(19)11-4-3-5-13-10(11)6-8-20-13/h6,8-9,11,15,19H,2-5,7H2,1H3. The van der Waals surface area contributed by atoms with E-state index >= 15 is 0 Å². The minimum atomic E-state index is -0.480. The zero-order chi connectivity index (χ0) is 14.1. The van der Waals surface area contributed by atoms with E-state index in [9.17, 15) is 5.11 Å². The van der Waals surface area contributed by atoms with E-state index in [2.05, 4.69) is 39.4 Å². The van der Waals surface area contributed by atoms with E-state index in [0.717, 1.165) is 42.4 Å². The van der Waals surface area contributed by atoms with Crippen molar-refractivity contribution in [3.63, 3.8) is 0 Å². The van der Waals surface area contributed by atoms with E-state index in [0.29, 0.717) is 0 Å². The maximum Gasteiger partial charge on any atom is 0.104 e. The molecule has 1 aliphatic carbocycles. The van der Waals surface area contributed by atoms with Crippen LogP contribution in [0.25, 0.3) is 0 Å². The van der Waals surface area contributed by atoms with Crippen molar-refractivity contribution in [1.82, 2.24) is 9.78 Å². The van der Waals surface area contributed by atoms with Gasteiger partial charge < -0.3 is 5.11 Å². The highest BCUT2D eigenvalue weighted by atomic mass is 79.9. The highest BCUT2D eigenvalue weighted by molar-refractivity contribution is 9.10. The summed E-state index contributed by atoms with van der Waals surface area (Å²) < 4.78 is 2.86. The van der Waals surface area contributed by atoms with Gasteiger partial charge in [0.25, 0.3) is 0 Å². The summed E-state index contributed by atoms with van der Waals surface area (Å²) in [7, 11) is 0. The molecule has 108 valence electrons. The number of nitrogens with zero attached hydrogens (tertiary/aromatic N) is 2. The van der Waals surface area contributed by atoms with Gasteiger partial charge in [-0.05, 0) is 58.6 Å². The van der Waals surface area contributed by atoms with E-state index in [1.165, 1.54) is 10.4 Å². The van der Waals surface area contributed by atoms with Crippen LogP contribution >= 0.6 is 27.3 Å². The van der Waals surface area contributed by atoms with Gasteiger partial charge in [-0.25, -0.2) is 0 Å². The fourth-order valence-electron chi connectivity index (χ4n) is 3.10. The zero-order valence-corrected chi connectivity index (χ0v) is 14.0. The molecule has 2 aromatic rings. The van der Waals surface area contributed by atoms with Crippen molar-refractivity contribution >= 4 is 27.3 Å². The topological polar surface area (TPSA) is 38.0 Å². The molecule has 0 bridgehead atoms. The molecule has 0 spiro atoms. The first kappa shape index (κ1) is 14.3. The smallest absolute Gasteiger partial charge is 0.104 e. The van der Waals surface area contributed by atoms with Gasteiger partial charge in [0.05, 0.1) is 16.4 Å². The number of aliphatic hydroxyl groups excluding tert-OH is 1. The summed E-state index contributed by atoms with van der Waals surface area (Å²) in [6, 6.07) is 2.18. The third-order valence-corrected chi connectivity index (χ3v) is 5.64. The van der Waals surface area contributed by atoms with Crippen molar-refractivity contribution in [2.24, 2.45) is 0 Å². The fourth-order valence-corrected chi connectivity index (χ4v) is 4.62. The lowest BCUT2D eigenvalue weighted by atomic mass is 9.83. The molecule has 3 nitrogen and oxygen atoms in total. The van der Waals surface area contributed by atoms with Gasteiger partial charge in [0.2, 0.25) is 0 Å². The third kappa shape index (κ3) is 2.47. The molecule has 20 heavy (non-hydrogen) atoms. The van der Waals surface area contributed by atoms with E-state index in [1.807, 2.05) is 16.0 Å². The SMILES string of the molecule is CCCn1ncc(Br)c1C(O)C1CCCc2sccc21. The number of fused-ring (bicyclic) bond motifs is 1. The Bertz CT molecular complexity index is 592. The number of aliphatic hydroxyl groups is 1. The molecular weight excluding hydrogens is 336 g/mol. The molecule has 5 heteroatoms. The van der Waals surface area contributed by atoms with Crippen molar-refractivity contribution < 1.29 is 5.11 Å². The lowest BCUT2D eigenvalue weighted by molar-refractivity contribution is 0.125. The molecule has 1 aliphatic rings. The number of halogens is 1. The molecular formula is C15H19BrN2OS. The Morgan fingerprint density at radius 1 is 1.60 bits per heavy atom. The van der Waals surface area contributed by atoms with E-state index in [-0.39, 0.29) is 5.92 Å². The largest absolute Gasteiger partial charge is 0.386 e. The molecule has 0 aromatic carbocycles. The second-order valence-corrected chi connectivity index (χ2v) is 7.20. The molecule has 2 atom stereocenters. The van der Waals surface area contributed by atoms with Crippen molar-refractivity contribution in [3.05, 3.63) is 38.3 Å². The first-order chi connectivity index (χ1) is 9.72. The summed E-state index contributed by atoms with van der Waals surface area (Å²) in [5.74, 6) is 0.202. The number of rotatable bonds is 4. The molecule has 0 radical (unpaired) electrons. The monoisotopic (exact) mass is 354 g/mol. The molecule has 2 unspecified atom stereocenters. The Morgan fingerprint density at radius 3 is 3.25 bits per heavy atom. The Labute approximate surface area is 131 Å². The van der Waals surface area contributed by atoms with Gasteiger partial charge in [-0.3, -0.25) is 4.68 Å². The van der Waals surface area contributed by atoms with Crippen LogP contribution in [0.15, 0.2) is 22.1 Å². The van der Waals surface area contributed by atoms with Crippen molar-refractivity contribution in [3.8, 4) is 0 Å². The van der Waals surface area contributed by atoms with Crippen LogP contribution < -0.4 is 0 Å². The normalized spacial score (nSPS) is 19.9. The van der Waals surface area contributed by atoms with E-state index < -0.39 is 6.10 Å². The van der Waals surface area contributed by atoms with Crippen LogP contribution in [0.4, 0.5) is 0 Å². The van der Waals surface area contributed by atoms with Gasteiger partial charge in [-0.15, -0.1) is 11.3 Å². The quantitative estimate of drug-likeness (QED) is 0.889. The maximum atomic E-state index is 10.9. The van der Waals surface area contributed by atoms with Crippen LogP contribution in [0, 0.1) is 0 Å². The molecule has 3 rings (SSSR count). The Morgan fingerprint density at radius 2 is 2.45 bits per heavy atom. The number of aryl methyl sites for hydroxylation is 2. The van der Waals surface area contributed by atoms with E-state index in [1.54, 1.807) is 6.20 Å². The van der Waals surface area contributed by atoms with Crippen molar-refractivity contribution in [2.45, 2.75) is 51.2 Å². The van der Waals surface area contributed by atoms with Crippen molar-refractivity contribution in [1.29, 1.82) is 0 Å². The Kier molecular flexibility index (Phi) is 4.29. The number of thiophene rings is 1. The zero-order valence-electron chi connectivity index (χ0n) is 11.6. The second-order valence-electron chi connectivity index (χ2n) is 5.34. The molecule has 0 saturated carbocycles. The van der Waals surface area contributed by atoms with Crippen LogP contribution in [0.5, 0.6) is 0 Å². The van der Waals surface area contributed by atoms with Crippen LogP contribution in [0.3, 0.4) is 0 Å². The molecule has 2 aromatic heterocycles. The lowest BCUT2D eigenvalue weighted by Crippen LogP contribution is -2.19. The van der Waals surface area contributed by atoms with Gasteiger partial charge >= 0.3 is 0 Å². The minimum Gasteiger partial charge on any atom is -0.386 e. The van der Waals surface area contributed by atoms with Crippen molar-refractivity contribution in [2.75, 3.05) is 0 Å². The number of hydrogen-bond acceptors (Lipinski definition) is 3. The fraction of sp³-hybridized carbons (Fsp3) is 0.533. The molecule has 0 amide bonds. The molecule has 2 heterocycles. The summed E-state index contributed by atoms with van der Waals surface area (Å²) in [6.07, 6.45) is 5.70. The van der Waals surface area contributed by atoms with Crippen LogP contribution in [-0.2, 0) is 13.0 Å². The summed E-state index contributed by atoms with van der Waals surface area (Å²) >= 11 is 5.36. The molecule has 0 saturated heterocycles. The minimum absolute atomic E-state index is 0.202. The predicted molar refractivity (Wildman–Crippen MR) is 85.2 cm³/mol. The van der Waals surface area contributed by atoms with Gasteiger partial charge in [0.15, 0.2) is 0 Å². The molecule has 0 fully saturated rings. The Balaban J connectivity index is 1.94. The van der Waals surface area contributed by atoms with Gasteiger partial charge in [0, 0.05) is 17.3 Å². The first-order valence-corrected chi connectivity index (χ1v) is 8.85. The summed E-state index contributed by atoms with van der Waals surface area (Å²) in [6.45, 7) is 2.98. The predicted octanol–water partition coefficient (Wildman–Crippen LogP) is 4.27. The highest BCUT2D eigenvalue weighted by Crippen LogP contribution is 2.43. The van der Waals surface area contributed by atoms with Crippen LogP contribution in [0.1, 0.15) is 54.3 Å². The summed E-state index contributed by atoms with van der Waals surface area (Å²) in [5, 5.41) is 17.4. The molecule has 1 N–H and O–H groups in total. The van der Waals surface area contributed by atoms with Gasteiger partial charge in [0.1, 0.15) is 6.10 Å². The Hall–Kier alpha value is -0.650.